The molecule has 0 N–H and O–H groups in total. The Kier molecular flexibility index (Phi) is 4.61. The Morgan fingerprint density at radius 3 is 1.86 bits per heavy atom. The van der Waals surface area contributed by atoms with E-state index in [2.05, 4.69) is 110 Å². The minimum atomic E-state index is 0.514. The molecule has 2 aliphatic carbocycles. The summed E-state index contributed by atoms with van der Waals surface area (Å²) >= 11 is 1.84. The van der Waals surface area contributed by atoms with E-state index in [0.717, 1.165) is 0 Å². The highest BCUT2D eigenvalue weighted by atomic mass is 32.1. The molecule has 0 saturated carbocycles. The van der Waals surface area contributed by atoms with Gasteiger partial charge in [-0.2, -0.15) is 0 Å². The summed E-state index contributed by atoms with van der Waals surface area (Å²) in [7, 11) is 0. The molecule has 5 rings (SSSR count). The predicted molar refractivity (Wildman–Crippen MR) is 127 cm³/mol. The van der Waals surface area contributed by atoms with Crippen LogP contribution in [-0.2, 0) is 11.4 Å². The Morgan fingerprint density at radius 2 is 1.28 bits per heavy atom. The highest BCUT2D eigenvalue weighted by Gasteiger charge is 2.26. The van der Waals surface area contributed by atoms with Crippen molar-refractivity contribution in [2.24, 2.45) is 0 Å². The van der Waals surface area contributed by atoms with Crippen LogP contribution in [0.3, 0.4) is 0 Å². The molecule has 140 valence electrons. The van der Waals surface area contributed by atoms with Crippen molar-refractivity contribution in [3.8, 4) is 11.1 Å². The first-order valence-corrected chi connectivity index (χ1v) is 11.0. The van der Waals surface area contributed by atoms with Gasteiger partial charge in [-0.15, -0.1) is 0 Å². The molecule has 2 aromatic carbocycles. The number of hydrogen-bond acceptors (Lipinski definition) is 0. The zero-order valence-electron chi connectivity index (χ0n) is 16.7. The van der Waals surface area contributed by atoms with Crippen LogP contribution in [0, 0.1) is 0 Å². The van der Waals surface area contributed by atoms with E-state index in [9.17, 15) is 0 Å². The fourth-order valence-electron chi connectivity index (χ4n) is 4.19. The molecule has 0 fully saturated rings. The first-order valence-electron chi connectivity index (χ1n) is 10.1. The van der Waals surface area contributed by atoms with E-state index in [1.54, 1.807) is 0 Å². The topological polar surface area (TPSA) is 0 Å². The number of hydrogen-bond donors (Lipinski definition) is 0. The summed E-state index contributed by atoms with van der Waals surface area (Å²) in [5.41, 5.74) is 7.88. The van der Waals surface area contributed by atoms with Gasteiger partial charge in [-0.3, -0.25) is 0 Å². The predicted octanol–water partition coefficient (Wildman–Crippen LogP) is 5.20. The van der Waals surface area contributed by atoms with Crippen LogP contribution in [0.25, 0.3) is 22.8 Å². The van der Waals surface area contributed by atoms with Crippen molar-refractivity contribution in [2.45, 2.75) is 24.7 Å². The highest BCUT2D eigenvalue weighted by Crippen LogP contribution is 2.28. The van der Waals surface area contributed by atoms with Crippen molar-refractivity contribution in [1.29, 1.82) is 0 Å². The summed E-state index contributed by atoms with van der Waals surface area (Å²) in [4.78, 5) is 1.38. The zero-order valence-corrected chi connectivity index (χ0v) is 17.5. The van der Waals surface area contributed by atoms with Gasteiger partial charge in [-0.05, 0) is 39.8 Å². The van der Waals surface area contributed by atoms with E-state index < -0.39 is 0 Å². The van der Waals surface area contributed by atoms with Crippen LogP contribution in [0.5, 0.6) is 0 Å². The van der Waals surface area contributed by atoms with Crippen LogP contribution in [-0.4, -0.2) is 5.37 Å². The monoisotopic (exact) mass is 391 g/mol. The molecule has 0 aromatic heterocycles. The molecule has 29 heavy (non-hydrogen) atoms. The molecular weight excluding hydrogens is 368 g/mol. The Labute approximate surface area is 176 Å². The zero-order chi connectivity index (χ0) is 19.8. The second kappa shape index (κ2) is 7.42. The second-order valence-corrected chi connectivity index (χ2v) is 8.71. The molecule has 3 aliphatic rings. The lowest BCUT2D eigenvalue weighted by atomic mass is 9.94. The normalized spacial score (nSPS) is 12.2. The molecule has 0 bridgehead atoms. The van der Waals surface area contributed by atoms with Crippen LogP contribution >= 0.6 is 0 Å². The minimum Gasteiger partial charge on any atom is -0.0622 e. The van der Waals surface area contributed by atoms with Gasteiger partial charge in [0.2, 0.25) is 16.2 Å². The van der Waals surface area contributed by atoms with E-state index >= 15 is 0 Å². The van der Waals surface area contributed by atoms with E-state index in [0.29, 0.717) is 5.92 Å². The van der Waals surface area contributed by atoms with Gasteiger partial charge in [0.05, 0.1) is 5.22 Å². The van der Waals surface area contributed by atoms with Crippen molar-refractivity contribution in [3.63, 3.8) is 0 Å². The molecule has 0 saturated heterocycles. The average molecular weight is 392 g/mol. The first-order chi connectivity index (χ1) is 14.2. The summed E-state index contributed by atoms with van der Waals surface area (Å²) in [6.07, 6.45) is 2.28. The third-order valence-corrected chi connectivity index (χ3v) is 6.61. The largest absolute Gasteiger partial charge is 0.246 e. The van der Waals surface area contributed by atoms with Crippen molar-refractivity contribution in [1.82, 2.24) is 0 Å². The van der Waals surface area contributed by atoms with E-state index in [1.807, 2.05) is 11.4 Å². The Balaban J connectivity index is 1.98. The maximum absolute atomic E-state index is 2.33. The SMILES string of the molecule is CC(C)c1ccc2c3c(c(=C(c4ccccc4)c4ccccc4)c-2cc1)=CC=[S+]3. The summed E-state index contributed by atoms with van der Waals surface area (Å²) < 4.78 is 0. The standard InChI is InChI=1S/C28H23S/c1-19(2)20-13-15-23-24(16-14-20)28-25(17-18-29-28)27(23)26(21-9-5-3-6-10-21)22-11-7-4-8-12-22/h3-19H,1-2H3/q+1. The van der Waals surface area contributed by atoms with Crippen LogP contribution in [0.4, 0.5) is 0 Å². The lowest BCUT2D eigenvalue weighted by Gasteiger charge is -2.09. The highest BCUT2D eigenvalue weighted by molar-refractivity contribution is 7.78. The average Bonchev–Trinajstić information content (AvgIpc) is 3.25. The minimum absolute atomic E-state index is 0.514. The molecule has 1 heterocycles. The third kappa shape index (κ3) is 3.12. The fraction of sp³-hybridized carbons (Fsp3) is 0.107. The van der Waals surface area contributed by atoms with Crippen LogP contribution in [0.15, 0.2) is 89.8 Å². The van der Waals surface area contributed by atoms with Gasteiger partial charge < -0.3 is 0 Å². The number of fused-ring (bicyclic) bond motifs is 3. The van der Waals surface area contributed by atoms with E-state index in [1.165, 1.54) is 48.7 Å². The third-order valence-electron chi connectivity index (χ3n) is 5.67. The maximum atomic E-state index is 2.33. The molecule has 0 atom stereocenters. The molecule has 0 spiro atoms. The summed E-state index contributed by atoms with van der Waals surface area (Å²) in [6, 6.07) is 30.8. The molecule has 0 nitrogen and oxygen atoms in total. The summed E-state index contributed by atoms with van der Waals surface area (Å²) in [5.74, 6) is 0.514. The van der Waals surface area contributed by atoms with E-state index in [4.69, 9.17) is 0 Å². The summed E-state index contributed by atoms with van der Waals surface area (Å²) in [5, 5.41) is 4.92. The molecule has 0 unspecified atom stereocenters. The Hall–Kier alpha value is -3.03. The van der Waals surface area contributed by atoms with Crippen LogP contribution in [0.1, 0.15) is 36.5 Å². The van der Waals surface area contributed by atoms with Gasteiger partial charge in [-0.1, -0.05) is 92.7 Å². The van der Waals surface area contributed by atoms with Gasteiger partial charge in [0.1, 0.15) is 0 Å². The van der Waals surface area contributed by atoms with Crippen molar-refractivity contribution in [2.75, 3.05) is 0 Å². The smallest absolute Gasteiger partial charge is 0.0622 e. The van der Waals surface area contributed by atoms with Gasteiger partial charge >= 0.3 is 0 Å². The van der Waals surface area contributed by atoms with Crippen LogP contribution < -0.4 is 10.4 Å². The lowest BCUT2D eigenvalue weighted by molar-refractivity contribution is 0.868. The molecule has 0 radical (unpaired) electrons. The molecular formula is C28H23S+. The first kappa shape index (κ1) is 18.0. The number of rotatable bonds is 3. The quantitative estimate of drug-likeness (QED) is 0.333. The molecule has 0 amide bonds. The Bertz CT molecular complexity index is 1250. The summed E-state index contributed by atoms with van der Waals surface area (Å²) in [6.45, 7) is 4.51. The lowest BCUT2D eigenvalue weighted by Crippen LogP contribution is -2.25. The second-order valence-electron chi connectivity index (χ2n) is 7.79. The Morgan fingerprint density at radius 1 is 0.690 bits per heavy atom. The molecule has 1 heteroatoms. The van der Waals surface area contributed by atoms with Gasteiger partial charge in [0, 0.05) is 16.9 Å². The molecule has 1 aliphatic heterocycles. The van der Waals surface area contributed by atoms with Gasteiger partial charge in [-0.25, -0.2) is 0 Å². The van der Waals surface area contributed by atoms with Crippen molar-refractivity contribution >= 4 is 28.4 Å². The van der Waals surface area contributed by atoms with E-state index in [-0.39, 0.29) is 0 Å². The molecule has 2 aromatic rings. The maximum Gasteiger partial charge on any atom is 0.246 e. The van der Waals surface area contributed by atoms with Gasteiger partial charge in [0.25, 0.3) is 0 Å². The van der Waals surface area contributed by atoms with Crippen molar-refractivity contribution in [3.05, 3.63) is 112 Å². The van der Waals surface area contributed by atoms with Gasteiger partial charge in [0.15, 0.2) is 5.37 Å². The van der Waals surface area contributed by atoms with Crippen molar-refractivity contribution < 1.29 is 0 Å². The fourth-order valence-corrected chi connectivity index (χ4v) is 5.13. The number of benzene rings is 2. The van der Waals surface area contributed by atoms with Crippen LogP contribution in [0.2, 0.25) is 0 Å².